The van der Waals surface area contributed by atoms with Crippen LogP contribution < -0.4 is 5.32 Å². The first-order valence-corrected chi connectivity index (χ1v) is 4.59. The van der Waals surface area contributed by atoms with Crippen LogP contribution in [-0.2, 0) is 0 Å². The zero-order valence-electron chi connectivity index (χ0n) is 8.40. The quantitative estimate of drug-likeness (QED) is 0.790. The number of carbonyl (C=O) groups is 1. The summed E-state index contributed by atoms with van der Waals surface area (Å²) in [7, 11) is 0. The van der Waals surface area contributed by atoms with E-state index in [4.69, 9.17) is 0 Å². The minimum atomic E-state index is -0.143. The standard InChI is InChI=1S/C9H14N4O/c1-3-13(4-2)9(14)12-8-7-10-5-6-11-8/h5-7H,3-4H2,1-2H3,(H,11,12,14). The largest absolute Gasteiger partial charge is 0.325 e. The van der Waals surface area contributed by atoms with Gasteiger partial charge < -0.3 is 4.90 Å². The molecule has 0 aliphatic carbocycles. The Kier molecular flexibility index (Phi) is 3.84. The average Bonchev–Trinajstić information content (AvgIpc) is 2.21. The second kappa shape index (κ2) is 5.16. The Hall–Kier alpha value is -1.65. The molecule has 0 radical (unpaired) electrons. The van der Waals surface area contributed by atoms with Crippen LogP contribution in [0.3, 0.4) is 0 Å². The number of aromatic nitrogens is 2. The van der Waals surface area contributed by atoms with E-state index in [1.165, 1.54) is 12.4 Å². The second-order valence-corrected chi connectivity index (χ2v) is 2.69. The zero-order valence-corrected chi connectivity index (χ0v) is 8.40. The van der Waals surface area contributed by atoms with Crippen molar-refractivity contribution in [1.82, 2.24) is 14.9 Å². The summed E-state index contributed by atoms with van der Waals surface area (Å²) in [6.07, 6.45) is 4.62. The minimum Gasteiger partial charge on any atom is -0.325 e. The van der Waals surface area contributed by atoms with Crippen molar-refractivity contribution in [2.75, 3.05) is 18.4 Å². The lowest BCUT2D eigenvalue weighted by Crippen LogP contribution is -2.34. The van der Waals surface area contributed by atoms with Gasteiger partial charge in [-0.15, -0.1) is 0 Å². The highest BCUT2D eigenvalue weighted by atomic mass is 16.2. The molecule has 2 amide bonds. The lowest BCUT2D eigenvalue weighted by molar-refractivity contribution is 0.217. The van der Waals surface area contributed by atoms with Crippen molar-refractivity contribution in [2.45, 2.75) is 13.8 Å². The van der Waals surface area contributed by atoms with Gasteiger partial charge in [-0.2, -0.15) is 0 Å². The number of urea groups is 1. The Bertz CT molecular complexity index is 284. The molecule has 0 bridgehead atoms. The summed E-state index contributed by atoms with van der Waals surface area (Å²) in [5, 5.41) is 2.66. The van der Waals surface area contributed by atoms with Crippen molar-refractivity contribution < 1.29 is 4.79 Å². The first-order chi connectivity index (χ1) is 6.77. The van der Waals surface area contributed by atoms with E-state index in [0.717, 1.165) is 0 Å². The number of nitrogens with zero attached hydrogens (tertiary/aromatic N) is 3. The van der Waals surface area contributed by atoms with E-state index in [2.05, 4.69) is 15.3 Å². The third kappa shape index (κ3) is 2.69. The Balaban J connectivity index is 2.57. The number of nitrogens with one attached hydrogen (secondary N) is 1. The molecular weight excluding hydrogens is 180 g/mol. The van der Waals surface area contributed by atoms with Crippen LogP contribution in [0.2, 0.25) is 0 Å². The predicted molar refractivity (Wildman–Crippen MR) is 54.0 cm³/mol. The molecule has 1 N–H and O–H groups in total. The van der Waals surface area contributed by atoms with Crippen molar-refractivity contribution in [3.05, 3.63) is 18.6 Å². The maximum atomic E-state index is 11.5. The van der Waals surface area contributed by atoms with Gasteiger partial charge in [0.25, 0.3) is 0 Å². The first-order valence-electron chi connectivity index (χ1n) is 4.59. The van der Waals surface area contributed by atoms with Gasteiger partial charge >= 0.3 is 6.03 Å². The number of hydrogen-bond donors (Lipinski definition) is 1. The van der Waals surface area contributed by atoms with Crippen LogP contribution in [0, 0.1) is 0 Å². The highest BCUT2D eigenvalue weighted by Crippen LogP contribution is 1.99. The normalized spacial score (nSPS) is 9.57. The topological polar surface area (TPSA) is 58.1 Å². The van der Waals surface area contributed by atoms with Crippen LogP contribution in [0.5, 0.6) is 0 Å². The van der Waals surface area contributed by atoms with Crippen molar-refractivity contribution in [3.63, 3.8) is 0 Å². The van der Waals surface area contributed by atoms with Crippen molar-refractivity contribution in [2.24, 2.45) is 0 Å². The van der Waals surface area contributed by atoms with Crippen LogP contribution in [0.1, 0.15) is 13.8 Å². The molecule has 0 aromatic carbocycles. The summed E-state index contributed by atoms with van der Waals surface area (Å²) in [5.74, 6) is 0.476. The van der Waals surface area contributed by atoms with Gasteiger partial charge in [-0.1, -0.05) is 0 Å². The van der Waals surface area contributed by atoms with Crippen LogP contribution in [-0.4, -0.2) is 34.0 Å². The molecule has 76 valence electrons. The number of carbonyl (C=O) groups excluding carboxylic acids is 1. The molecule has 0 atom stereocenters. The summed E-state index contributed by atoms with van der Waals surface area (Å²) < 4.78 is 0. The van der Waals surface area contributed by atoms with Crippen molar-refractivity contribution >= 4 is 11.8 Å². The van der Waals surface area contributed by atoms with E-state index >= 15 is 0 Å². The molecule has 0 spiro atoms. The van der Waals surface area contributed by atoms with Crippen LogP contribution in [0.15, 0.2) is 18.6 Å². The molecule has 0 fully saturated rings. The summed E-state index contributed by atoms with van der Waals surface area (Å²) >= 11 is 0. The maximum Gasteiger partial charge on any atom is 0.323 e. The third-order valence-corrected chi connectivity index (χ3v) is 1.85. The fourth-order valence-electron chi connectivity index (χ4n) is 1.06. The lowest BCUT2D eigenvalue weighted by Gasteiger charge is -2.18. The van der Waals surface area contributed by atoms with Gasteiger partial charge in [-0.3, -0.25) is 10.3 Å². The molecule has 0 unspecified atom stereocenters. The Morgan fingerprint density at radius 2 is 2.14 bits per heavy atom. The number of anilines is 1. The molecule has 1 rings (SSSR count). The molecule has 0 aliphatic heterocycles. The fraction of sp³-hybridized carbons (Fsp3) is 0.444. The SMILES string of the molecule is CCN(CC)C(=O)Nc1cnccn1. The molecule has 0 saturated heterocycles. The van der Waals surface area contributed by atoms with Gasteiger partial charge in [0.15, 0.2) is 5.82 Å². The van der Waals surface area contributed by atoms with Gasteiger partial charge in [0.1, 0.15) is 0 Å². The average molecular weight is 194 g/mol. The van der Waals surface area contributed by atoms with E-state index < -0.39 is 0 Å². The third-order valence-electron chi connectivity index (χ3n) is 1.85. The molecule has 0 aliphatic rings. The molecule has 1 aromatic rings. The minimum absolute atomic E-state index is 0.143. The highest BCUT2D eigenvalue weighted by molar-refractivity contribution is 5.88. The first kappa shape index (κ1) is 10.4. The van der Waals surface area contributed by atoms with E-state index in [1.807, 2.05) is 13.8 Å². The van der Waals surface area contributed by atoms with Crippen LogP contribution >= 0.6 is 0 Å². The molecule has 0 saturated carbocycles. The smallest absolute Gasteiger partial charge is 0.323 e. The highest BCUT2D eigenvalue weighted by Gasteiger charge is 2.09. The van der Waals surface area contributed by atoms with Gasteiger partial charge in [-0.05, 0) is 13.8 Å². The number of hydrogen-bond acceptors (Lipinski definition) is 3. The summed E-state index contributed by atoms with van der Waals surface area (Å²) in [4.78, 5) is 21.0. The number of amides is 2. The van der Waals surface area contributed by atoms with Crippen molar-refractivity contribution in [1.29, 1.82) is 0 Å². The summed E-state index contributed by atoms with van der Waals surface area (Å²) in [6, 6.07) is -0.143. The van der Waals surface area contributed by atoms with E-state index in [-0.39, 0.29) is 6.03 Å². The summed E-state index contributed by atoms with van der Waals surface area (Å²) in [6.45, 7) is 5.23. The van der Waals surface area contributed by atoms with Crippen LogP contribution in [0.25, 0.3) is 0 Å². The van der Waals surface area contributed by atoms with Gasteiger partial charge in [0, 0.05) is 25.5 Å². The lowest BCUT2D eigenvalue weighted by atomic mass is 10.5. The maximum absolute atomic E-state index is 11.5. The van der Waals surface area contributed by atoms with Gasteiger partial charge in [0.2, 0.25) is 0 Å². The molecule has 5 nitrogen and oxygen atoms in total. The molecule has 1 heterocycles. The monoisotopic (exact) mass is 194 g/mol. The zero-order chi connectivity index (χ0) is 10.4. The fourth-order valence-corrected chi connectivity index (χ4v) is 1.06. The van der Waals surface area contributed by atoms with E-state index in [9.17, 15) is 4.79 Å². The molecule has 5 heteroatoms. The second-order valence-electron chi connectivity index (χ2n) is 2.69. The van der Waals surface area contributed by atoms with Crippen molar-refractivity contribution in [3.8, 4) is 0 Å². The van der Waals surface area contributed by atoms with Gasteiger partial charge in [0.05, 0.1) is 6.20 Å². The van der Waals surface area contributed by atoms with E-state index in [0.29, 0.717) is 18.9 Å². The Morgan fingerprint density at radius 3 is 2.64 bits per heavy atom. The van der Waals surface area contributed by atoms with E-state index in [1.54, 1.807) is 11.1 Å². The summed E-state index contributed by atoms with van der Waals surface area (Å²) in [5.41, 5.74) is 0. The Morgan fingerprint density at radius 1 is 1.43 bits per heavy atom. The molecule has 1 aromatic heterocycles. The predicted octanol–water partition coefficient (Wildman–Crippen LogP) is 1.35. The Labute approximate surface area is 83.2 Å². The number of rotatable bonds is 3. The van der Waals surface area contributed by atoms with Crippen LogP contribution in [0.4, 0.5) is 10.6 Å². The molecular formula is C9H14N4O. The molecule has 14 heavy (non-hydrogen) atoms. The van der Waals surface area contributed by atoms with Gasteiger partial charge in [-0.25, -0.2) is 9.78 Å².